The fourth-order valence-corrected chi connectivity index (χ4v) is 13.6. The van der Waals surface area contributed by atoms with E-state index in [0.29, 0.717) is 0 Å². The summed E-state index contributed by atoms with van der Waals surface area (Å²) in [5.74, 6) is 0. The largest absolute Gasteiger partial charge is 0.0732 e. The third-order valence-corrected chi connectivity index (χ3v) is 16.4. The molecule has 326 valence electrons. The molecule has 0 fully saturated rings. The van der Waals surface area contributed by atoms with E-state index in [1.54, 1.807) is 0 Å². The van der Waals surface area contributed by atoms with Gasteiger partial charge in [-0.15, -0.1) is 0 Å². The van der Waals surface area contributed by atoms with Gasteiger partial charge >= 0.3 is 0 Å². The van der Waals surface area contributed by atoms with Crippen molar-refractivity contribution in [3.8, 4) is 55.6 Å². The molecule has 16 rings (SSSR count). The average molecular weight is 895 g/mol. The average Bonchev–Trinajstić information content (AvgIpc) is 3.93. The summed E-state index contributed by atoms with van der Waals surface area (Å²) >= 11 is 0. The zero-order valence-corrected chi connectivity index (χ0v) is 38.7. The van der Waals surface area contributed by atoms with Gasteiger partial charge in [0.05, 0.1) is 5.41 Å². The summed E-state index contributed by atoms with van der Waals surface area (Å²) in [6.45, 7) is 0. The van der Waals surface area contributed by atoms with E-state index in [1.807, 2.05) is 0 Å². The first-order chi connectivity index (χ1) is 35.3. The Morgan fingerprint density at radius 3 is 1.31 bits per heavy atom. The van der Waals surface area contributed by atoms with Crippen LogP contribution in [0.2, 0.25) is 0 Å². The van der Waals surface area contributed by atoms with E-state index < -0.39 is 5.41 Å². The summed E-state index contributed by atoms with van der Waals surface area (Å²) in [5, 5.41) is 17.9. The Labute approximate surface area is 411 Å². The molecule has 0 atom stereocenters. The highest BCUT2D eigenvalue weighted by Gasteiger charge is 2.53. The molecule has 14 aromatic rings. The summed E-state index contributed by atoms with van der Waals surface area (Å²) in [6, 6.07) is 96.1. The molecule has 0 bridgehead atoms. The maximum absolute atomic E-state index is 2.47. The molecule has 71 heavy (non-hydrogen) atoms. The van der Waals surface area contributed by atoms with Crippen molar-refractivity contribution < 1.29 is 0 Å². The molecule has 1 spiro atoms. The highest BCUT2D eigenvalue weighted by Crippen LogP contribution is 2.66. The normalized spacial score (nSPS) is 13.2. The molecule has 14 aromatic carbocycles. The van der Waals surface area contributed by atoms with E-state index in [9.17, 15) is 0 Å². The SMILES string of the molecule is c1ccc2c(c1)-c1ccccc1C21c2ccc3ccccc3c2-c2c1c1ccc(-c3ccc(-c4c5ccccc5c(-c5cc6ccccc6c6ccccc56)c5ccccc45)cc3)cc1c1ccccc21. The molecule has 0 amide bonds. The molecule has 0 heteroatoms. The lowest BCUT2D eigenvalue weighted by Crippen LogP contribution is -2.26. The van der Waals surface area contributed by atoms with Crippen molar-refractivity contribution >= 4 is 75.4 Å². The predicted octanol–water partition coefficient (Wildman–Crippen LogP) is 19.1. The van der Waals surface area contributed by atoms with Crippen molar-refractivity contribution in [2.24, 2.45) is 0 Å². The molecule has 0 nitrogen and oxygen atoms in total. The minimum atomic E-state index is -0.476. The zero-order valence-electron chi connectivity index (χ0n) is 38.7. The Bertz CT molecular complexity index is 4520. The van der Waals surface area contributed by atoms with Crippen molar-refractivity contribution in [3.63, 3.8) is 0 Å². The lowest BCUT2D eigenvalue weighted by atomic mass is 9.69. The summed E-state index contributed by atoms with van der Waals surface area (Å²) < 4.78 is 0. The first kappa shape index (κ1) is 38.8. The molecule has 0 saturated carbocycles. The first-order valence-electron chi connectivity index (χ1n) is 24.9. The van der Waals surface area contributed by atoms with Crippen LogP contribution in [0.1, 0.15) is 22.3 Å². The van der Waals surface area contributed by atoms with Crippen molar-refractivity contribution in [1.82, 2.24) is 0 Å². The molecular formula is C71H42. The quantitative estimate of drug-likeness (QED) is 0.122. The maximum atomic E-state index is 2.47. The van der Waals surface area contributed by atoms with E-state index in [4.69, 9.17) is 0 Å². The second-order valence-corrected chi connectivity index (χ2v) is 19.7. The van der Waals surface area contributed by atoms with Gasteiger partial charge in [-0.2, -0.15) is 0 Å². The van der Waals surface area contributed by atoms with Crippen LogP contribution in [0.25, 0.3) is 131 Å². The fourth-order valence-electron chi connectivity index (χ4n) is 13.6. The zero-order chi connectivity index (χ0) is 46.4. The minimum absolute atomic E-state index is 0.476. The van der Waals surface area contributed by atoms with Gasteiger partial charge in [0.1, 0.15) is 0 Å². The molecule has 0 unspecified atom stereocenters. The van der Waals surface area contributed by atoms with Gasteiger partial charge in [0.15, 0.2) is 0 Å². The number of hydrogen-bond acceptors (Lipinski definition) is 0. The number of rotatable bonds is 3. The summed E-state index contributed by atoms with van der Waals surface area (Å²) in [6.07, 6.45) is 0. The smallest absolute Gasteiger partial charge is 0.0619 e. The summed E-state index contributed by atoms with van der Waals surface area (Å²) in [5.41, 5.74) is 17.9. The number of hydrogen-bond donors (Lipinski definition) is 0. The molecule has 0 N–H and O–H groups in total. The van der Waals surface area contributed by atoms with Gasteiger partial charge in [-0.1, -0.05) is 243 Å². The van der Waals surface area contributed by atoms with Crippen LogP contribution in [0.15, 0.2) is 255 Å². The molecule has 2 aliphatic rings. The second kappa shape index (κ2) is 14.5. The van der Waals surface area contributed by atoms with Crippen LogP contribution in [0.3, 0.4) is 0 Å². The number of benzene rings is 14. The predicted molar refractivity (Wildman–Crippen MR) is 302 cm³/mol. The van der Waals surface area contributed by atoms with Crippen LogP contribution in [0, 0.1) is 0 Å². The number of fused-ring (bicyclic) bond motifs is 22. The van der Waals surface area contributed by atoms with Gasteiger partial charge in [-0.3, -0.25) is 0 Å². The van der Waals surface area contributed by atoms with Gasteiger partial charge < -0.3 is 0 Å². The van der Waals surface area contributed by atoms with Crippen molar-refractivity contribution in [1.29, 1.82) is 0 Å². The van der Waals surface area contributed by atoms with Crippen LogP contribution in [-0.4, -0.2) is 0 Å². The van der Waals surface area contributed by atoms with Crippen LogP contribution in [-0.2, 0) is 5.41 Å². The van der Waals surface area contributed by atoms with Crippen molar-refractivity contribution in [3.05, 3.63) is 277 Å². The maximum Gasteiger partial charge on any atom is 0.0732 e. The van der Waals surface area contributed by atoms with E-state index in [-0.39, 0.29) is 0 Å². The molecule has 0 radical (unpaired) electrons. The van der Waals surface area contributed by atoms with Crippen molar-refractivity contribution in [2.75, 3.05) is 0 Å². The standard InChI is InChI=1S/C71H42/c1-4-20-49-44(17-1)38-40-65-68(49)69-55-26-8-7-23-52(55)61-41-46(37-39-60(61)70(69)71(65)63-31-15-13-24-53(63)54-25-14-16-32-64(54)71)43-33-35-45(36-34-43)66-56-27-9-11-29-58(56)67(59-30-12-10-28-57(59)66)62-42-47-18-2-3-19-48(47)50-21-5-6-22-51(50)62/h1-42H. The Hall–Kier alpha value is -9.10. The topological polar surface area (TPSA) is 0 Å². The molecule has 0 saturated heterocycles. The van der Waals surface area contributed by atoms with E-state index >= 15 is 0 Å². The molecular weight excluding hydrogens is 853 g/mol. The minimum Gasteiger partial charge on any atom is -0.0619 e. The van der Waals surface area contributed by atoms with E-state index in [2.05, 4.69) is 255 Å². The van der Waals surface area contributed by atoms with E-state index in [0.717, 1.165) is 0 Å². The Morgan fingerprint density at radius 2 is 0.662 bits per heavy atom. The van der Waals surface area contributed by atoms with Crippen LogP contribution in [0.4, 0.5) is 0 Å². The third kappa shape index (κ3) is 5.13. The van der Waals surface area contributed by atoms with Gasteiger partial charge in [0.25, 0.3) is 0 Å². The molecule has 0 aromatic heterocycles. The second-order valence-electron chi connectivity index (χ2n) is 19.7. The summed E-state index contributed by atoms with van der Waals surface area (Å²) in [7, 11) is 0. The van der Waals surface area contributed by atoms with Crippen LogP contribution in [0.5, 0.6) is 0 Å². The van der Waals surface area contributed by atoms with Gasteiger partial charge in [-0.05, 0) is 165 Å². The van der Waals surface area contributed by atoms with E-state index in [1.165, 1.54) is 153 Å². The van der Waals surface area contributed by atoms with Gasteiger partial charge in [-0.25, -0.2) is 0 Å². The third-order valence-electron chi connectivity index (χ3n) is 16.4. The molecule has 0 heterocycles. The Morgan fingerprint density at radius 1 is 0.197 bits per heavy atom. The Balaban J connectivity index is 0.908. The fraction of sp³-hybridized carbons (Fsp3) is 0.0141. The van der Waals surface area contributed by atoms with Gasteiger partial charge in [0.2, 0.25) is 0 Å². The summed E-state index contributed by atoms with van der Waals surface area (Å²) in [4.78, 5) is 0. The Kier molecular flexibility index (Phi) is 7.91. The highest BCUT2D eigenvalue weighted by atomic mass is 14.5. The lowest BCUT2D eigenvalue weighted by molar-refractivity contribution is 0.802. The van der Waals surface area contributed by atoms with Crippen LogP contribution >= 0.6 is 0 Å². The van der Waals surface area contributed by atoms with Gasteiger partial charge in [0, 0.05) is 0 Å². The van der Waals surface area contributed by atoms with Crippen molar-refractivity contribution in [2.45, 2.75) is 5.41 Å². The van der Waals surface area contributed by atoms with Crippen LogP contribution < -0.4 is 0 Å². The molecule has 2 aliphatic carbocycles. The molecule has 0 aliphatic heterocycles. The monoisotopic (exact) mass is 894 g/mol. The lowest BCUT2D eigenvalue weighted by Gasteiger charge is -2.32. The highest BCUT2D eigenvalue weighted by molar-refractivity contribution is 6.27. The first-order valence-corrected chi connectivity index (χ1v) is 24.9.